The van der Waals surface area contributed by atoms with E-state index in [4.69, 9.17) is 9.47 Å². The Labute approximate surface area is 178 Å². The lowest BCUT2D eigenvalue weighted by Gasteiger charge is -2.13. The van der Waals surface area contributed by atoms with Crippen molar-refractivity contribution in [1.82, 2.24) is 14.8 Å². The molecule has 0 aliphatic rings. The van der Waals surface area contributed by atoms with E-state index in [0.29, 0.717) is 27.7 Å². The first kappa shape index (κ1) is 21.9. The molecule has 0 aliphatic carbocycles. The van der Waals surface area contributed by atoms with Crippen LogP contribution in [0.4, 0.5) is 0 Å². The smallest absolute Gasteiger partial charge is 0.339 e. The van der Waals surface area contributed by atoms with Crippen molar-refractivity contribution in [2.24, 2.45) is 7.05 Å². The number of carbonyl (C=O) groups is 3. The number of nitrogens with zero attached hydrogens (tertiary/aromatic N) is 2. The number of methoxy groups -OCH3 is 1. The monoisotopic (exact) mass is 425 g/mol. The number of aryl methyl sites for hydroxylation is 2. The summed E-state index contributed by atoms with van der Waals surface area (Å²) in [7, 11) is 2.77. The maximum atomic E-state index is 12.8. The maximum Gasteiger partial charge on any atom is 0.339 e. The van der Waals surface area contributed by atoms with Gasteiger partial charge in [-0.3, -0.25) is 14.4 Å². The van der Waals surface area contributed by atoms with Crippen molar-refractivity contribution in [3.8, 4) is 0 Å². The molecule has 0 aliphatic heterocycles. The Hall–Kier alpha value is -3.75. The highest BCUT2D eigenvalue weighted by Crippen LogP contribution is 2.21. The average Bonchev–Trinajstić information content (AvgIpc) is 3.04. The molecule has 0 spiro atoms. The minimum absolute atomic E-state index is 0.184. The third-order valence-electron chi connectivity index (χ3n) is 5.10. The molecule has 0 fully saturated rings. The standard InChI is InChI=1S/C22H23N3O6/c1-11-18(22(29)30-5)12(2)23-19(11)20(27)13(3)31-17(26)10-16-14-8-6-7-9-15(14)21(28)25(4)24-16/h6-9,13,23H,10H2,1-5H3/t13-/m1/s1. The van der Waals surface area contributed by atoms with E-state index in [-0.39, 0.29) is 23.2 Å². The van der Waals surface area contributed by atoms with Gasteiger partial charge in [0.25, 0.3) is 5.56 Å². The second-order valence-corrected chi connectivity index (χ2v) is 7.21. The van der Waals surface area contributed by atoms with E-state index in [0.717, 1.165) is 0 Å². The number of Topliss-reactive ketones (excluding diaryl/α,β-unsaturated/α-hetero) is 1. The van der Waals surface area contributed by atoms with Crippen LogP contribution < -0.4 is 5.56 Å². The third-order valence-corrected chi connectivity index (χ3v) is 5.10. The second-order valence-electron chi connectivity index (χ2n) is 7.21. The van der Waals surface area contributed by atoms with Gasteiger partial charge in [-0.2, -0.15) is 5.10 Å². The van der Waals surface area contributed by atoms with Gasteiger partial charge >= 0.3 is 11.9 Å². The molecule has 0 amide bonds. The largest absolute Gasteiger partial charge is 0.465 e. The number of H-pyrrole nitrogens is 1. The molecule has 1 aromatic carbocycles. The number of aromatic amines is 1. The summed E-state index contributed by atoms with van der Waals surface area (Å²) in [6, 6.07) is 6.85. The van der Waals surface area contributed by atoms with Gasteiger partial charge in [0.1, 0.15) is 0 Å². The summed E-state index contributed by atoms with van der Waals surface area (Å²) >= 11 is 0. The van der Waals surface area contributed by atoms with Gasteiger partial charge in [0, 0.05) is 18.1 Å². The Morgan fingerprint density at radius 2 is 1.81 bits per heavy atom. The number of rotatable bonds is 6. The number of fused-ring (bicyclic) bond motifs is 1. The number of carbonyl (C=O) groups excluding carboxylic acids is 3. The van der Waals surface area contributed by atoms with E-state index < -0.39 is 23.8 Å². The van der Waals surface area contributed by atoms with Crippen LogP contribution in [0.3, 0.4) is 0 Å². The van der Waals surface area contributed by atoms with Crippen molar-refractivity contribution in [3.63, 3.8) is 0 Å². The zero-order chi connectivity index (χ0) is 22.9. The summed E-state index contributed by atoms with van der Waals surface area (Å²) in [6.07, 6.45) is -1.30. The molecule has 162 valence electrons. The van der Waals surface area contributed by atoms with E-state index >= 15 is 0 Å². The van der Waals surface area contributed by atoms with Crippen molar-refractivity contribution in [3.05, 3.63) is 62.8 Å². The second kappa shape index (κ2) is 8.55. The number of aromatic nitrogens is 3. The van der Waals surface area contributed by atoms with Gasteiger partial charge in [-0.1, -0.05) is 18.2 Å². The minimum Gasteiger partial charge on any atom is -0.465 e. The molecule has 1 atom stereocenters. The zero-order valence-electron chi connectivity index (χ0n) is 17.9. The van der Waals surface area contributed by atoms with Gasteiger partial charge in [0.05, 0.1) is 35.9 Å². The third kappa shape index (κ3) is 4.11. The number of ether oxygens (including phenoxy) is 2. The lowest BCUT2D eigenvalue weighted by atomic mass is 10.1. The summed E-state index contributed by atoms with van der Waals surface area (Å²) in [5.74, 6) is -1.68. The van der Waals surface area contributed by atoms with Crippen LogP contribution in [0.1, 0.15) is 44.7 Å². The molecule has 2 aromatic heterocycles. The van der Waals surface area contributed by atoms with Gasteiger partial charge < -0.3 is 14.5 Å². The average molecular weight is 425 g/mol. The molecule has 3 rings (SSSR count). The molecule has 0 saturated carbocycles. The Morgan fingerprint density at radius 3 is 2.45 bits per heavy atom. The highest BCUT2D eigenvalue weighted by Gasteiger charge is 2.27. The number of hydrogen-bond acceptors (Lipinski definition) is 7. The van der Waals surface area contributed by atoms with Crippen molar-refractivity contribution >= 4 is 28.5 Å². The summed E-state index contributed by atoms with van der Waals surface area (Å²) in [6.45, 7) is 4.74. The molecule has 9 heteroatoms. The van der Waals surface area contributed by atoms with Gasteiger partial charge in [0.15, 0.2) is 6.10 Å². The van der Waals surface area contributed by atoms with Gasteiger partial charge in [-0.25, -0.2) is 9.48 Å². The van der Waals surface area contributed by atoms with Crippen LogP contribution >= 0.6 is 0 Å². The molecule has 0 unspecified atom stereocenters. The Balaban J connectivity index is 1.80. The van der Waals surface area contributed by atoms with E-state index in [1.807, 2.05) is 0 Å². The molecule has 9 nitrogen and oxygen atoms in total. The first-order chi connectivity index (χ1) is 14.6. The van der Waals surface area contributed by atoms with Crippen LogP contribution in [0.5, 0.6) is 0 Å². The predicted molar refractivity (Wildman–Crippen MR) is 112 cm³/mol. The molecular weight excluding hydrogens is 402 g/mol. The molecular formula is C22H23N3O6. The number of ketones is 1. The van der Waals surface area contributed by atoms with E-state index in [1.165, 1.54) is 25.8 Å². The van der Waals surface area contributed by atoms with Crippen molar-refractivity contribution in [1.29, 1.82) is 0 Å². The fraction of sp³-hybridized carbons (Fsp3) is 0.318. The van der Waals surface area contributed by atoms with Crippen LogP contribution in [0.25, 0.3) is 10.8 Å². The van der Waals surface area contributed by atoms with Crippen molar-refractivity contribution in [2.75, 3.05) is 7.11 Å². The van der Waals surface area contributed by atoms with Crippen LogP contribution in [0.15, 0.2) is 29.1 Å². The van der Waals surface area contributed by atoms with Crippen molar-refractivity contribution in [2.45, 2.75) is 33.3 Å². The molecule has 31 heavy (non-hydrogen) atoms. The molecule has 1 N–H and O–H groups in total. The molecule has 3 aromatic rings. The molecule has 0 saturated heterocycles. The van der Waals surface area contributed by atoms with Crippen molar-refractivity contribution < 1.29 is 23.9 Å². The number of esters is 2. The van der Waals surface area contributed by atoms with Crippen LogP contribution in [-0.4, -0.2) is 45.7 Å². The topological polar surface area (TPSA) is 120 Å². The minimum atomic E-state index is -1.09. The SMILES string of the molecule is COC(=O)c1c(C)[nH]c(C(=O)[C@@H](C)OC(=O)Cc2nn(C)c(=O)c3ccccc23)c1C. The maximum absolute atomic E-state index is 12.8. The normalized spacial score (nSPS) is 11.9. The first-order valence-electron chi connectivity index (χ1n) is 9.61. The zero-order valence-corrected chi connectivity index (χ0v) is 17.9. The fourth-order valence-corrected chi connectivity index (χ4v) is 3.54. The summed E-state index contributed by atoms with van der Waals surface area (Å²) in [5.41, 5.74) is 1.50. The lowest BCUT2D eigenvalue weighted by Crippen LogP contribution is -2.27. The van der Waals surface area contributed by atoms with Gasteiger partial charge in [0.2, 0.25) is 5.78 Å². The summed E-state index contributed by atoms with van der Waals surface area (Å²) in [5, 5.41) is 5.17. The Bertz CT molecular complexity index is 1250. The highest BCUT2D eigenvalue weighted by atomic mass is 16.5. The van der Waals surface area contributed by atoms with Crippen LogP contribution in [0, 0.1) is 13.8 Å². The number of benzene rings is 1. The quantitative estimate of drug-likeness (QED) is 0.474. The van der Waals surface area contributed by atoms with E-state index in [9.17, 15) is 19.2 Å². The molecule has 2 heterocycles. The number of hydrogen-bond donors (Lipinski definition) is 1. The highest BCUT2D eigenvalue weighted by molar-refractivity contribution is 6.04. The summed E-state index contributed by atoms with van der Waals surface area (Å²) in [4.78, 5) is 52.4. The number of nitrogens with one attached hydrogen (secondary N) is 1. The fourth-order valence-electron chi connectivity index (χ4n) is 3.54. The molecule has 0 bridgehead atoms. The summed E-state index contributed by atoms with van der Waals surface area (Å²) < 4.78 is 11.2. The van der Waals surface area contributed by atoms with Crippen LogP contribution in [0.2, 0.25) is 0 Å². The van der Waals surface area contributed by atoms with E-state index in [1.54, 1.807) is 38.1 Å². The van der Waals surface area contributed by atoms with E-state index in [2.05, 4.69) is 10.1 Å². The van der Waals surface area contributed by atoms with Gasteiger partial charge in [-0.05, 0) is 32.4 Å². The Morgan fingerprint density at radius 1 is 1.16 bits per heavy atom. The Kier molecular flexibility index (Phi) is 6.05. The first-order valence-corrected chi connectivity index (χ1v) is 9.61. The molecule has 0 radical (unpaired) electrons. The van der Waals surface area contributed by atoms with Crippen LogP contribution in [-0.2, 0) is 27.7 Å². The van der Waals surface area contributed by atoms with Gasteiger partial charge in [-0.15, -0.1) is 0 Å². The predicted octanol–water partition coefficient (Wildman–Crippen LogP) is 2.02. The lowest BCUT2D eigenvalue weighted by molar-refractivity contribution is -0.145.